The van der Waals surface area contributed by atoms with Crippen molar-refractivity contribution in [3.05, 3.63) is 28.7 Å². The zero-order valence-corrected chi connectivity index (χ0v) is 13.0. The molecule has 1 saturated heterocycles. The molecule has 0 saturated carbocycles. The van der Waals surface area contributed by atoms with Gasteiger partial charge in [0.05, 0.1) is 5.69 Å². The monoisotopic (exact) mass is 338 g/mol. The van der Waals surface area contributed by atoms with Gasteiger partial charge in [-0.25, -0.2) is 4.99 Å². The molecule has 4 N–H and O–H groups in total. The molecule has 0 bridgehead atoms. The van der Waals surface area contributed by atoms with Crippen molar-refractivity contribution in [2.45, 2.75) is 0 Å². The SMILES string of the molecule is CN1CCN(C(N)=NC(N)=Nc2ccccc2Br)CC1. The topological polar surface area (TPSA) is 83.2 Å². The van der Waals surface area contributed by atoms with Gasteiger partial charge in [-0.1, -0.05) is 12.1 Å². The molecule has 1 aromatic carbocycles. The molecule has 1 aromatic rings. The van der Waals surface area contributed by atoms with Gasteiger partial charge in [0.2, 0.25) is 5.96 Å². The number of benzene rings is 1. The lowest BCUT2D eigenvalue weighted by Gasteiger charge is -2.32. The van der Waals surface area contributed by atoms with Gasteiger partial charge in [0.15, 0.2) is 5.96 Å². The van der Waals surface area contributed by atoms with Crippen LogP contribution in [0.25, 0.3) is 0 Å². The minimum Gasteiger partial charge on any atom is -0.369 e. The van der Waals surface area contributed by atoms with E-state index in [1.807, 2.05) is 29.2 Å². The summed E-state index contributed by atoms with van der Waals surface area (Å²) in [6.45, 7) is 3.65. The highest BCUT2D eigenvalue weighted by molar-refractivity contribution is 9.10. The van der Waals surface area contributed by atoms with Gasteiger partial charge in [-0.3, -0.25) is 0 Å². The highest BCUT2D eigenvalue weighted by Gasteiger charge is 2.15. The van der Waals surface area contributed by atoms with Gasteiger partial charge < -0.3 is 21.3 Å². The number of hydrogen-bond acceptors (Lipinski definition) is 2. The summed E-state index contributed by atoms with van der Waals surface area (Å²) in [6, 6.07) is 7.57. The molecular formula is C13H19BrN6. The van der Waals surface area contributed by atoms with E-state index in [4.69, 9.17) is 11.5 Å². The van der Waals surface area contributed by atoms with Crippen molar-refractivity contribution in [2.24, 2.45) is 21.5 Å². The van der Waals surface area contributed by atoms with Crippen molar-refractivity contribution in [3.8, 4) is 0 Å². The van der Waals surface area contributed by atoms with E-state index in [0.29, 0.717) is 5.96 Å². The number of nitrogens with two attached hydrogens (primary N) is 2. The molecular weight excluding hydrogens is 320 g/mol. The molecule has 0 atom stereocenters. The Balaban J connectivity index is 2.07. The fraction of sp³-hybridized carbons (Fsp3) is 0.385. The lowest BCUT2D eigenvalue weighted by atomic mass is 10.3. The Bertz CT molecular complexity index is 519. The van der Waals surface area contributed by atoms with E-state index < -0.39 is 0 Å². The van der Waals surface area contributed by atoms with Crippen LogP contribution >= 0.6 is 15.9 Å². The number of guanidine groups is 2. The third kappa shape index (κ3) is 3.94. The summed E-state index contributed by atoms with van der Waals surface area (Å²) in [5, 5.41) is 0. The Labute approximate surface area is 127 Å². The molecule has 1 aliphatic heterocycles. The second-order valence-electron chi connectivity index (χ2n) is 4.68. The molecule has 2 rings (SSSR count). The average Bonchev–Trinajstić information content (AvgIpc) is 2.42. The largest absolute Gasteiger partial charge is 0.369 e. The summed E-state index contributed by atoms with van der Waals surface area (Å²) in [7, 11) is 2.09. The molecule has 1 fully saturated rings. The number of aliphatic imine (C=N–C) groups is 2. The van der Waals surface area contributed by atoms with E-state index in [9.17, 15) is 0 Å². The number of para-hydroxylation sites is 1. The Morgan fingerprint density at radius 3 is 2.45 bits per heavy atom. The van der Waals surface area contributed by atoms with Crippen LogP contribution in [0.3, 0.4) is 0 Å². The van der Waals surface area contributed by atoms with Crippen LogP contribution in [0.1, 0.15) is 0 Å². The lowest BCUT2D eigenvalue weighted by Crippen LogP contribution is -2.50. The first kappa shape index (κ1) is 14.8. The Morgan fingerprint density at radius 1 is 1.15 bits per heavy atom. The van der Waals surface area contributed by atoms with E-state index in [2.05, 4.69) is 37.9 Å². The van der Waals surface area contributed by atoms with Crippen molar-refractivity contribution in [1.29, 1.82) is 0 Å². The van der Waals surface area contributed by atoms with Crippen LogP contribution in [0.5, 0.6) is 0 Å². The van der Waals surface area contributed by atoms with Crippen molar-refractivity contribution in [1.82, 2.24) is 9.80 Å². The molecule has 108 valence electrons. The Kier molecular flexibility index (Phi) is 4.97. The highest BCUT2D eigenvalue weighted by Crippen LogP contribution is 2.24. The zero-order valence-electron chi connectivity index (χ0n) is 11.5. The fourth-order valence-corrected chi connectivity index (χ4v) is 2.29. The number of halogens is 1. The first-order valence-corrected chi connectivity index (χ1v) is 7.22. The van der Waals surface area contributed by atoms with Crippen molar-refractivity contribution < 1.29 is 0 Å². The summed E-state index contributed by atoms with van der Waals surface area (Å²) >= 11 is 3.42. The number of likely N-dealkylation sites (N-methyl/N-ethyl adjacent to an activating group) is 1. The van der Waals surface area contributed by atoms with E-state index in [1.54, 1.807) is 0 Å². The minimum absolute atomic E-state index is 0.160. The Hall–Kier alpha value is -1.60. The predicted molar refractivity (Wildman–Crippen MR) is 86.1 cm³/mol. The molecule has 0 unspecified atom stereocenters. The van der Waals surface area contributed by atoms with Crippen LogP contribution in [0.2, 0.25) is 0 Å². The first-order valence-electron chi connectivity index (χ1n) is 6.42. The number of rotatable bonds is 1. The normalized spacial score (nSPS) is 18.4. The summed E-state index contributed by atoms with van der Waals surface area (Å²) in [5.74, 6) is 0.583. The highest BCUT2D eigenvalue weighted by atomic mass is 79.9. The third-order valence-electron chi connectivity index (χ3n) is 3.14. The van der Waals surface area contributed by atoms with Crippen LogP contribution in [-0.4, -0.2) is 54.9 Å². The summed E-state index contributed by atoms with van der Waals surface area (Å²) in [5.41, 5.74) is 12.5. The minimum atomic E-state index is 0.160. The van der Waals surface area contributed by atoms with Crippen molar-refractivity contribution in [3.63, 3.8) is 0 Å². The van der Waals surface area contributed by atoms with E-state index in [1.165, 1.54) is 0 Å². The standard InChI is InChI=1S/C13H19BrN6/c1-19-6-8-20(9-7-19)13(16)18-12(15)17-11-5-3-2-4-10(11)14/h2-5H,6-9H2,1H3,(H4,15,16,17,18). The van der Waals surface area contributed by atoms with Crippen molar-refractivity contribution >= 4 is 33.5 Å². The molecule has 7 heteroatoms. The maximum Gasteiger partial charge on any atom is 0.223 e. The first-order chi connectivity index (χ1) is 9.56. The van der Waals surface area contributed by atoms with Gasteiger partial charge in [-0.15, -0.1) is 0 Å². The summed E-state index contributed by atoms with van der Waals surface area (Å²) in [4.78, 5) is 12.7. The van der Waals surface area contributed by atoms with E-state index in [-0.39, 0.29) is 5.96 Å². The predicted octanol–water partition coefficient (Wildman–Crippen LogP) is 0.957. The summed E-state index contributed by atoms with van der Waals surface area (Å²) in [6.07, 6.45) is 0. The van der Waals surface area contributed by atoms with Crippen LogP contribution < -0.4 is 11.5 Å². The summed E-state index contributed by atoms with van der Waals surface area (Å²) < 4.78 is 0.872. The number of hydrogen-bond donors (Lipinski definition) is 2. The van der Waals surface area contributed by atoms with E-state index >= 15 is 0 Å². The average molecular weight is 339 g/mol. The van der Waals surface area contributed by atoms with Gasteiger partial charge in [-0.2, -0.15) is 4.99 Å². The van der Waals surface area contributed by atoms with Gasteiger partial charge in [0.25, 0.3) is 0 Å². The maximum atomic E-state index is 5.97. The third-order valence-corrected chi connectivity index (χ3v) is 3.81. The lowest BCUT2D eigenvalue weighted by molar-refractivity contribution is 0.214. The van der Waals surface area contributed by atoms with Crippen LogP contribution in [0.4, 0.5) is 5.69 Å². The number of piperazine rings is 1. The van der Waals surface area contributed by atoms with Crippen molar-refractivity contribution in [2.75, 3.05) is 33.2 Å². The number of nitrogens with zero attached hydrogens (tertiary/aromatic N) is 4. The molecule has 0 aliphatic carbocycles. The van der Waals surface area contributed by atoms with Gasteiger partial charge >= 0.3 is 0 Å². The maximum absolute atomic E-state index is 5.97. The molecule has 0 radical (unpaired) electrons. The fourth-order valence-electron chi connectivity index (χ4n) is 1.91. The van der Waals surface area contributed by atoms with Gasteiger partial charge in [-0.05, 0) is 35.1 Å². The second-order valence-corrected chi connectivity index (χ2v) is 5.54. The molecule has 1 aliphatic rings. The Morgan fingerprint density at radius 2 is 1.80 bits per heavy atom. The van der Waals surface area contributed by atoms with Crippen LogP contribution in [0.15, 0.2) is 38.7 Å². The molecule has 0 aromatic heterocycles. The molecule has 1 heterocycles. The van der Waals surface area contributed by atoms with E-state index in [0.717, 1.165) is 36.3 Å². The van der Waals surface area contributed by atoms with Gasteiger partial charge in [0, 0.05) is 30.7 Å². The van der Waals surface area contributed by atoms with Crippen LogP contribution in [0, 0.1) is 0 Å². The quantitative estimate of drug-likeness (QED) is 0.590. The van der Waals surface area contributed by atoms with Crippen LogP contribution in [-0.2, 0) is 0 Å². The molecule has 20 heavy (non-hydrogen) atoms. The zero-order chi connectivity index (χ0) is 14.5. The molecule has 0 amide bonds. The molecule has 6 nitrogen and oxygen atoms in total. The second kappa shape index (κ2) is 6.71. The van der Waals surface area contributed by atoms with Gasteiger partial charge in [0.1, 0.15) is 0 Å². The smallest absolute Gasteiger partial charge is 0.223 e. The molecule has 0 spiro atoms.